The second kappa shape index (κ2) is 8.16. The highest BCUT2D eigenvalue weighted by molar-refractivity contribution is 7.92. The molecule has 0 aromatic heterocycles. The molecule has 1 aromatic rings. The van der Waals surface area contributed by atoms with E-state index in [4.69, 9.17) is 0 Å². The van der Waals surface area contributed by atoms with Gasteiger partial charge < -0.3 is 20.2 Å². The number of benzene rings is 1. The van der Waals surface area contributed by atoms with Gasteiger partial charge in [0.1, 0.15) is 5.75 Å². The Morgan fingerprint density at radius 1 is 1.19 bits per heavy atom. The van der Waals surface area contributed by atoms with Gasteiger partial charge in [0.25, 0.3) is 0 Å². The summed E-state index contributed by atoms with van der Waals surface area (Å²) in [6.45, 7) is 8.52. The van der Waals surface area contributed by atoms with E-state index in [1.165, 1.54) is 0 Å². The maximum atomic E-state index is 12.2. The normalized spacial score (nSPS) is 16.7. The van der Waals surface area contributed by atoms with E-state index in [0.717, 1.165) is 31.9 Å². The summed E-state index contributed by atoms with van der Waals surface area (Å²) in [7, 11) is -1.45. The first-order chi connectivity index (χ1) is 12.2. The second-order valence-electron chi connectivity index (χ2n) is 7.37. The molecule has 26 heavy (non-hydrogen) atoms. The van der Waals surface area contributed by atoms with Crippen LogP contribution in [0.4, 0.5) is 5.69 Å². The number of sulfone groups is 1. The molecule has 1 aliphatic rings. The summed E-state index contributed by atoms with van der Waals surface area (Å²) in [5.41, 5.74) is 0.839. The molecule has 1 heterocycles. The van der Waals surface area contributed by atoms with Crippen LogP contribution < -0.4 is 10.2 Å². The molecule has 146 valence electrons. The summed E-state index contributed by atoms with van der Waals surface area (Å²) < 4.78 is 23.7. The molecule has 0 radical (unpaired) electrons. The maximum absolute atomic E-state index is 12.2. The number of phenolic OH excluding ortho intramolecular Hbond substituents is 1. The van der Waals surface area contributed by atoms with Crippen molar-refractivity contribution in [2.45, 2.75) is 25.5 Å². The minimum absolute atomic E-state index is 0.0768. The molecule has 0 amide bonds. The smallest absolute Gasteiger partial charge is 0.193 e. The molecule has 0 aliphatic carbocycles. The standard InChI is InChI=1S/C18H30N4O3S/c1-18(2,3)26(24,25)14-9-20-17(19-4)22-12-10-21(11-13-22)15-7-5-6-8-16(15)23/h5-8,23H,9-14H2,1-4H3,(H,19,20). The van der Waals surface area contributed by atoms with E-state index in [9.17, 15) is 13.5 Å². The van der Waals surface area contributed by atoms with Crippen LogP contribution >= 0.6 is 0 Å². The average Bonchev–Trinajstić information content (AvgIpc) is 2.58. The molecule has 8 heteroatoms. The molecule has 1 fully saturated rings. The average molecular weight is 383 g/mol. The van der Waals surface area contributed by atoms with Gasteiger partial charge in [-0.15, -0.1) is 0 Å². The summed E-state index contributed by atoms with van der Waals surface area (Å²) in [5.74, 6) is 1.08. The first kappa shape index (κ1) is 20.4. The van der Waals surface area contributed by atoms with Crippen molar-refractivity contribution in [3.05, 3.63) is 24.3 Å². The Morgan fingerprint density at radius 2 is 1.81 bits per heavy atom. The van der Waals surface area contributed by atoms with E-state index < -0.39 is 14.6 Å². The molecular weight excluding hydrogens is 352 g/mol. The summed E-state index contributed by atoms with van der Waals surface area (Å²) in [4.78, 5) is 8.53. The van der Waals surface area contributed by atoms with Gasteiger partial charge in [-0.2, -0.15) is 0 Å². The summed E-state index contributed by atoms with van der Waals surface area (Å²) in [6.07, 6.45) is 0. The Balaban J connectivity index is 1.88. The summed E-state index contributed by atoms with van der Waals surface area (Å²) >= 11 is 0. The zero-order chi connectivity index (χ0) is 19.4. The molecule has 2 rings (SSSR count). The second-order valence-corrected chi connectivity index (χ2v) is 10.2. The number of rotatable bonds is 4. The van der Waals surface area contributed by atoms with E-state index in [1.807, 2.05) is 18.2 Å². The molecule has 0 spiro atoms. The fraction of sp³-hybridized carbons (Fsp3) is 0.611. The number of aromatic hydroxyl groups is 1. The van der Waals surface area contributed by atoms with Gasteiger partial charge in [-0.25, -0.2) is 8.42 Å². The number of anilines is 1. The van der Waals surface area contributed by atoms with Crippen LogP contribution in [0.5, 0.6) is 5.75 Å². The molecule has 1 aromatic carbocycles. The highest BCUT2D eigenvalue weighted by atomic mass is 32.2. The lowest BCUT2D eigenvalue weighted by Crippen LogP contribution is -2.53. The number of piperazine rings is 1. The van der Waals surface area contributed by atoms with Gasteiger partial charge in [0, 0.05) is 39.8 Å². The Labute approximate surface area is 156 Å². The Morgan fingerprint density at radius 3 is 2.35 bits per heavy atom. The van der Waals surface area contributed by atoms with Gasteiger partial charge in [-0.05, 0) is 32.9 Å². The van der Waals surface area contributed by atoms with E-state index >= 15 is 0 Å². The number of hydrogen-bond acceptors (Lipinski definition) is 5. The van der Waals surface area contributed by atoms with Crippen molar-refractivity contribution < 1.29 is 13.5 Å². The number of aliphatic imine (C=N–C) groups is 1. The van der Waals surface area contributed by atoms with Gasteiger partial charge in [0.15, 0.2) is 15.8 Å². The van der Waals surface area contributed by atoms with Crippen molar-refractivity contribution in [2.24, 2.45) is 4.99 Å². The van der Waals surface area contributed by atoms with Gasteiger partial charge in [0.2, 0.25) is 0 Å². The summed E-state index contributed by atoms with van der Waals surface area (Å²) in [6, 6.07) is 7.33. The van der Waals surface area contributed by atoms with Crippen molar-refractivity contribution in [1.29, 1.82) is 0 Å². The predicted molar refractivity (Wildman–Crippen MR) is 107 cm³/mol. The third kappa shape index (κ3) is 4.81. The summed E-state index contributed by atoms with van der Waals surface area (Å²) in [5, 5.41) is 13.2. The lowest BCUT2D eigenvalue weighted by atomic mass is 10.2. The van der Waals surface area contributed by atoms with E-state index in [0.29, 0.717) is 12.5 Å². The van der Waals surface area contributed by atoms with E-state index in [-0.39, 0.29) is 11.5 Å². The Hall–Kier alpha value is -1.96. The highest BCUT2D eigenvalue weighted by Crippen LogP contribution is 2.27. The van der Waals surface area contributed by atoms with Gasteiger partial charge in [-0.3, -0.25) is 4.99 Å². The molecule has 2 N–H and O–H groups in total. The maximum Gasteiger partial charge on any atom is 0.193 e. The highest BCUT2D eigenvalue weighted by Gasteiger charge is 2.28. The number of nitrogens with zero attached hydrogens (tertiary/aromatic N) is 3. The first-order valence-corrected chi connectivity index (χ1v) is 10.5. The number of hydrogen-bond donors (Lipinski definition) is 2. The molecule has 1 saturated heterocycles. The Kier molecular flexibility index (Phi) is 6.39. The zero-order valence-electron chi connectivity index (χ0n) is 16.1. The Bertz CT molecular complexity index is 733. The molecule has 1 aliphatic heterocycles. The van der Waals surface area contributed by atoms with Crippen molar-refractivity contribution >= 4 is 21.5 Å². The lowest BCUT2D eigenvalue weighted by molar-refractivity contribution is 0.370. The molecule has 0 atom stereocenters. The third-order valence-electron chi connectivity index (χ3n) is 4.60. The molecule has 7 nitrogen and oxygen atoms in total. The molecule has 0 bridgehead atoms. The first-order valence-electron chi connectivity index (χ1n) is 8.86. The van der Waals surface area contributed by atoms with Crippen LogP contribution in [0.1, 0.15) is 20.8 Å². The number of para-hydroxylation sites is 2. The van der Waals surface area contributed by atoms with E-state index in [1.54, 1.807) is 33.9 Å². The van der Waals surface area contributed by atoms with Gasteiger partial charge in [0.05, 0.1) is 16.2 Å². The number of guanidine groups is 1. The number of nitrogens with one attached hydrogen (secondary N) is 1. The van der Waals surface area contributed by atoms with Crippen LogP contribution in [0.2, 0.25) is 0 Å². The van der Waals surface area contributed by atoms with Crippen LogP contribution in [0.25, 0.3) is 0 Å². The van der Waals surface area contributed by atoms with Gasteiger partial charge >= 0.3 is 0 Å². The van der Waals surface area contributed by atoms with Crippen LogP contribution in [0, 0.1) is 0 Å². The van der Waals surface area contributed by atoms with Crippen LogP contribution in [0.15, 0.2) is 29.3 Å². The SMILES string of the molecule is CN=C(NCCS(=O)(=O)C(C)(C)C)N1CCN(c2ccccc2O)CC1. The lowest BCUT2D eigenvalue weighted by Gasteiger charge is -2.37. The zero-order valence-corrected chi connectivity index (χ0v) is 16.9. The van der Waals surface area contributed by atoms with Crippen molar-refractivity contribution in [2.75, 3.05) is 50.4 Å². The van der Waals surface area contributed by atoms with Crippen LogP contribution in [-0.4, -0.2) is 74.7 Å². The van der Waals surface area contributed by atoms with Gasteiger partial charge in [-0.1, -0.05) is 12.1 Å². The van der Waals surface area contributed by atoms with Crippen molar-refractivity contribution in [1.82, 2.24) is 10.2 Å². The monoisotopic (exact) mass is 382 g/mol. The molecular formula is C18H30N4O3S. The van der Waals surface area contributed by atoms with Crippen LogP contribution in [0.3, 0.4) is 0 Å². The predicted octanol–water partition coefficient (Wildman–Crippen LogP) is 1.30. The molecule has 0 saturated carbocycles. The van der Waals surface area contributed by atoms with Crippen LogP contribution in [-0.2, 0) is 9.84 Å². The van der Waals surface area contributed by atoms with Crippen molar-refractivity contribution in [3.8, 4) is 5.75 Å². The molecule has 0 unspecified atom stereocenters. The number of phenols is 1. The van der Waals surface area contributed by atoms with E-state index in [2.05, 4.69) is 20.1 Å². The fourth-order valence-electron chi connectivity index (χ4n) is 2.83. The minimum atomic E-state index is -3.15. The fourth-order valence-corrected chi connectivity index (χ4v) is 3.81. The third-order valence-corrected chi connectivity index (χ3v) is 7.21. The topological polar surface area (TPSA) is 85.2 Å². The minimum Gasteiger partial charge on any atom is -0.506 e. The van der Waals surface area contributed by atoms with Crippen molar-refractivity contribution in [3.63, 3.8) is 0 Å². The largest absolute Gasteiger partial charge is 0.506 e. The quantitative estimate of drug-likeness (QED) is 0.603.